The predicted octanol–water partition coefficient (Wildman–Crippen LogP) is 5.27. The Balaban J connectivity index is 2.24. The van der Waals surface area contributed by atoms with E-state index in [1.54, 1.807) is 6.07 Å². The minimum atomic E-state index is -4.40. The number of halogens is 4. The average molecular weight is 307 g/mol. The molecule has 1 fully saturated rings. The highest BCUT2D eigenvalue weighted by molar-refractivity contribution is 6.21. The van der Waals surface area contributed by atoms with Crippen molar-refractivity contribution in [2.24, 2.45) is 5.41 Å². The van der Waals surface area contributed by atoms with E-state index >= 15 is 0 Å². The highest BCUT2D eigenvalue weighted by Gasteiger charge is 2.54. The molecule has 0 heterocycles. The summed E-state index contributed by atoms with van der Waals surface area (Å²) >= 11 is 6.26. The van der Waals surface area contributed by atoms with E-state index in [1.807, 2.05) is 13.8 Å². The molecule has 0 N–H and O–H groups in total. The summed E-state index contributed by atoms with van der Waals surface area (Å²) in [5, 5.41) is -0.0273. The van der Waals surface area contributed by atoms with Crippen LogP contribution in [0.15, 0.2) is 24.3 Å². The van der Waals surface area contributed by atoms with E-state index in [-0.39, 0.29) is 22.6 Å². The van der Waals surface area contributed by atoms with Crippen molar-refractivity contribution in [1.82, 2.24) is 0 Å². The highest BCUT2D eigenvalue weighted by atomic mass is 35.5. The van der Waals surface area contributed by atoms with Crippen LogP contribution in [0.4, 0.5) is 13.2 Å². The van der Waals surface area contributed by atoms with E-state index in [9.17, 15) is 13.2 Å². The molecule has 0 saturated heterocycles. The molecule has 1 aliphatic rings. The maximum absolute atomic E-state index is 12.9. The van der Waals surface area contributed by atoms with Crippen LogP contribution >= 0.6 is 11.6 Å². The van der Waals surface area contributed by atoms with Gasteiger partial charge in [-0.05, 0) is 25.0 Å². The molecule has 1 nitrogen and oxygen atoms in total. The van der Waals surface area contributed by atoms with Crippen molar-refractivity contribution in [2.75, 3.05) is 0 Å². The first kappa shape index (κ1) is 15.5. The van der Waals surface area contributed by atoms with E-state index < -0.39 is 11.7 Å². The molecule has 2 rings (SSSR count). The smallest absolute Gasteiger partial charge is 0.419 e. The second kappa shape index (κ2) is 5.47. The minimum absolute atomic E-state index is 0.0273. The lowest BCUT2D eigenvalue weighted by atomic mass is 9.62. The number of para-hydroxylation sites is 1. The number of benzene rings is 1. The van der Waals surface area contributed by atoms with Gasteiger partial charge in [-0.1, -0.05) is 26.0 Å². The molecule has 1 saturated carbocycles. The van der Waals surface area contributed by atoms with Crippen LogP contribution in [0.2, 0.25) is 0 Å². The third-order valence-corrected chi connectivity index (χ3v) is 5.08. The first-order valence-electron chi connectivity index (χ1n) is 6.82. The van der Waals surface area contributed by atoms with Crippen molar-refractivity contribution in [1.29, 1.82) is 0 Å². The van der Waals surface area contributed by atoms with Gasteiger partial charge in [0.1, 0.15) is 11.9 Å². The summed E-state index contributed by atoms with van der Waals surface area (Å²) < 4.78 is 44.5. The molecule has 0 spiro atoms. The van der Waals surface area contributed by atoms with Crippen LogP contribution in [0.3, 0.4) is 0 Å². The van der Waals surface area contributed by atoms with E-state index in [1.165, 1.54) is 12.1 Å². The number of hydrogen-bond acceptors (Lipinski definition) is 1. The van der Waals surface area contributed by atoms with Crippen molar-refractivity contribution in [3.63, 3.8) is 0 Å². The minimum Gasteiger partial charge on any atom is -0.489 e. The Kier molecular flexibility index (Phi) is 4.24. The van der Waals surface area contributed by atoms with Gasteiger partial charge < -0.3 is 4.74 Å². The van der Waals surface area contributed by atoms with Gasteiger partial charge in [0, 0.05) is 17.2 Å². The van der Waals surface area contributed by atoms with Crippen LogP contribution in [0.1, 0.15) is 38.7 Å². The summed E-state index contributed by atoms with van der Waals surface area (Å²) in [5.74, 6) is -0.0974. The fraction of sp³-hybridized carbons (Fsp3) is 0.600. The quantitative estimate of drug-likeness (QED) is 0.689. The van der Waals surface area contributed by atoms with Crippen molar-refractivity contribution in [2.45, 2.75) is 50.8 Å². The summed E-state index contributed by atoms with van der Waals surface area (Å²) in [6.45, 7) is 4.01. The van der Waals surface area contributed by atoms with Crippen LogP contribution in [-0.2, 0) is 6.18 Å². The first-order valence-corrected chi connectivity index (χ1v) is 7.25. The molecule has 0 amide bonds. The molecule has 2 unspecified atom stereocenters. The summed E-state index contributed by atoms with van der Waals surface area (Å²) in [7, 11) is 0. The molecule has 0 aromatic heterocycles. The Hall–Kier alpha value is -0.900. The van der Waals surface area contributed by atoms with Crippen molar-refractivity contribution in [3.05, 3.63) is 29.8 Å². The molecule has 112 valence electrons. The number of alkyl halides is 4. The molecule has 0 aliphatic heterocycles. The SMILES string of the molecule is CCC1(CC)C(Cl)CC1Oc1ccccc1C(F)(F)F. The maximum atomic E-state index is 12.9. The number of hydrogen-bond donors (Lipinski definition) is 0. The Morgan fingerprint density at radius 2 is 1.85 bits per heavy atom. The normalized spacial score (nSPS) is 25.1. The van der Waals surface area contributed by atoms with E-state index in [4.69, 9.17) is 16.3 Å². The van der Waals surface area contributed by atoms with Crippen LogP contribution in [-0.4, -0.2) is 11.5 Å². The third-order valence-electron chi connectivity index (χ3n) is 4.46. The fourth-order valence-electron chi connectivity index (χ4n) is 2.97. The van der Waals surface area contributed by atoms with E-state index in [2.05, 4.69) is 0 Å². The Bertz CT molecular complexity index is 468. The summed E-state index contributed by atoms with van der Waals surface area (Å²) in [6, 6.07) is 5.35. The van der Waals surface area contributed by atoms with Gasteiger partial charge in [-0.3, -0.25) is 0 Å². The van der Waals surface area contributed by atoms with Crippen LogP contribution in [0.5, 0.6) is 5.75 Å². The zero-order valence-electron chi connectivity index (χ0n) is 11.5. The predicted molar refractivity (Wildman–Crippen MR) is 73.1 cm³/mol. The van der Waals surface area contributed by atoms with Crippen LogP contribution in [0.25, 0.3) is 0 Å². The van der Waals surface area contributed by atoms with Gasteiger partial charge in [-0.15, -0.1) is 11.6 Å². The molecule has 20 heavy (non-hydrogen) atoms. The van der Waals surface area contributed by atoms with Gasteiger partial charge in [-0.2, -0.15) is 13.2 Å². The average Bonchev–Trinajstić information content (AvgIpc) is 2.39. The topological polar surface area (TPSA) is 9.23 Å². The van der Waals surface area contributed by atoms with Crippen LogP contribution in [0, 0.1) is 5.41 Å². The lowest BCUT2D eigenvalue weighted by Gasteiger charge is -2.52. The van der Waals surface area contributed by atoms with Gasteiger partial charge >= 0.3 is 6.18 Å². The second-order valence-corrected chi connectivity index (χ2v) is 5.77. The Morgan fingerprint density at radius 3 is 2.35 bits per heavy atom. The summed E-state index contributed by atoms with van der Waals surface area (Å²) in [4.78, 5) is 0. The largest absolute Gasteiger partial charge is 0.489 e. The molecule has 1 aliphatic carbocycles. The molecular weight excluding hydrogens is 289 g/mol. The van der Waals surface area contributed by atoms with Gasteiger partial charge in [0.15, 0.2) is 0 Å². The number of rotatable bonds is 4. The van der Waals surface area contributed by atoms with E-state index in [0.29, 0.717) is 6.42 Å². The molecule has 1 aromatic carbocycles. The Morgan fingerprint density at radius 1 is 1.25 bits per heavy atom. The molecule has 0 radical (unpaired) electrons. The first-order chi connectivity index (χ1) is 9.35. The molecule has 1 aromatic rings. The molecule has 2 atom stereocenters. The second-order valence-electron chi connectivity index (χ2n) is 5.24. The standard InChI is InChI=1S/C15H18ClF3O/c1-3-14(4-2)12(16)9-13(14)20-11-8-6-5-7-10(11)15(17,18)19/h5-8,12-13H,3-4,9H2,1-2H3. The Labute approximate surface area is 122 Å². The summed E-state index contributed by atoms with van der Waals surface area (Å²) in [5.41, 5.74) is -0.945. The zero-order chi connectivity index (χ0) is 15.0. The lowest BCUT2D eigenvalue weighted by molar-refractivity contribution is -0.141. The van der Waals surface area contributed by atoms with Gasteiger partial charge in [0.25, 0.3) is 0 Å². The monoisotopic (exact) mass is 306 g/mol. The summed E-state index contributed by atoms with van der Waals surface area (Å²) in [6.07, 6.45) is -2.45. The third kappa shape index (κ3) is 2.50. The van der Waals surface area contributed by atoms with Crippen LogP contribution < -0.4 is 4.74 Å². The van der Waals surface area contributed by atoms with Crippen molar-refractivity contribution >= 4 is 11.6 Å². The van der Waals surface area contributed by atoms with E-state index in [0.717, 1.165) is 18.9 Å². The zero-order valence-corrected chi connectivity index (χ0v) is 12.3. The highest BCUT2D eigenvalue weighted by Crippen LogP contribution is 2.52. The lowest BCUT2D eigenvalue weighted by Crippen LogP contribution is -2.56. The fourth-order valence-corrected chi connectivity index (χ4v) is 3.58. The van der Waals surface area contributed by atoms with Gasteiger partial charge in [0.2, 0.25) is 0 Å². The van der Waals surface area contributed by atoms with Crippen molar-refractivity contribution < 1.29 is 17.9 Å². The van der Waals surface area contributed by atoms with Crippen molar-refractivity contribution in [3.8, 4) is 5.75 Å². The maximum Gasteiger partial charge on any atom is 0.419 e. The number of ether oxygens (including phenoxy) is 1. The van der Waals surface area contributed by atoms with Gasteiger partial charge in [-0.25, -0.2) is 0 Å². The molecular formula is C15H18ClF3O. The molecule has 0 bridgehead atoms. The van der Waals surface area contributed by atoms with Gasteiger partial charge in [0.05, 0.1) is 5.56 Å². The molecule has 5 heteroatoms.